The van der Waals surface area contributed by atoms with Gasteiger partial charge in [0, 0.05) is 34.8 Å². The molecule has 2 aromatic carbocycles. The van der Waals surface area contributed by atoms with Gasteiger partial charge in [0.05, 0.1) is 11.1 Å². The van der Waals surface area contributed by atoms with Gasteiger partial charge >= 0.3 is 5.69 Å². The van der Waals surface area contributed by atoms with Crippen LogP contribution in [0.4, 0.5) is 11.4 Å². The second-order valence-electron chi connectivity index (χ2n) is 5.08. The second-order valence-corrected chi connectivity index (χ2v) is 5.52. The average Bonchev–Trinajstić information content (AvgIpc) is 2.56. The number of hydrogen-bond acceptors (Lipinski definition) is 6. The third-order valence-corrected chi connectivity index (χ3v) is 3.31. The van der Waals surface area contributed by atoms with Crippen LogP contribution in [0.5, 0.6) is 5.75 Å². The number of rotatable bonds is 5. The molecular weight excluding hydrogens is 364 g/mol. The highest BCUT2D eigenvalue weighted by molar-refractivity contribution is 6.31. The molecule has 0 unspecified atom stereocenters. The van der Waals surface area contributed by atoms with Gasteiger partial charge in [0.1, 0.15) is 0 Å². The van der Waals surface area contributed by atoms with Crippen LogP contribution in [0.1, 0.15) is 22.8 Å². The van der Waals surface area contributed by atoms with E-state index in [0.717, 1.165) is 12.3 Å². The summed E-state index contributed by atoms with van der Waals surface area (Å²) in [5.41, 5.74) is 2.28. The number of hydrazone groups is 1. The molecule has 3 N–H and O–H groups in total. The van der Waals surface area contributed by atoms with E-state index in [2.05, 4.69) is 15.8 Å². The van der Waals surface area contributed by atoms with Gasteiger partial charge in [0.25, 0.3) is 5.91 Å². The van der Waals surface area contributed by atoms with E-state index >= 15 is 0 Å². The molecule has 0 bridgehead atoms. The predicted molar refractivity (Wildman–Crippen MR) is 95.6 cm³/mol. The second kappa shape index (κ2) is 8.08. The quantitative estimate of drug-likeness (QED) is 0.419. The Morgan fingerprint density at radius 2 is 2.04 bits per heavy atom. The van der Waals surface area contributed by atoms with Crippen LogP contribution in [-0.2, 0) is 4.79 Å². The normalized spacial score (nSPS) is 10.5. The zero-order valence-electron chi connectivity index (χ0n) is 13.4. The number of phenols is 1. The van der Waals surface area contributed by atoms with Crippen LogP contribution in [0, 0.1) is 10.1 Å². The third-order valence-electron chi connectivity index (χ3n) is 3.10. The van der Waals surface area contributed by atoms with Crippen molar-refractivity contribution < 1.29 is 19.6 Å². The largest absolute Gasteiger partial charge is 0.502 e. The van der Waals surface area contributed by atoms with E-state index in [1.807, 2.05) is 0 Å². The van der Waals surface area contributed by atoms with Crippen molar-refractivity contribution in [3.05, 3.63) is 62.7 Å². The Balaban J connectivity index is 2.15. The van der Waals surface area contributed by atoms with Crippen LogP contribution in [0.25, 0.3) is 0 Å². The molecule has 0 aliphatic carbocycles. The minimum atomic E-state index is -0.787. The molecule has 0 radical (unpaired) electrons. The number of carbonyl (C=O) groups excluding carboxylic acids is 2. The summed E-state index contributed by atoms with van der Waals surface area (Å²) in [5, 5.41) is 26.9. The van der Waals surface area contributed by atoms with Gasteiger partial charge in [-0.05, 0) is 24.3 Å². The zero-order valence-corrected chi connectivity index (χ0v) is 14.1. The number of benzene rings is 2. The molecule has 10 heteroatoms. The average molecular weight is 377 g/mol. The van der Waals surface area contributed by atoms with Gasteiger partial charge in [-0.3, -0.25) is 19.7 Å². The Morgan fingerprint density at radius 3 is 2.69 bits per heavy atom. The van der Waals surface area contributed by atoms with Gasteiger partial charge in [-0.1, -0.05) is 17.7 Å². The summed E-state index contributed by atoms with van der Waals surface area (Å²) in [6, 6.07) is 8.42. The first-order valence-electron chi connectivity index (χ1n) is 7.16. The lowest BCUT2D eigenvalue weighted by molar-refractivity contribution is -0.385. The highest BCUT2D eigenvalue weighted by Crippen LogP contribution is 2.32. The van der Waals surface area contributed by atoms with E-state index in [1.54, 1.807) is 12.1 Å². The first-order chi connectivity index (χ1) is 12.3. The lowest BCUT2D eigenvalue weighted by Crippen LogP contribution is -2.18. The van der Waals surface area contributed by atoms with E-state index in [1.165, 1.54) is 25.1 Å². The molecule has 0 saturated heterocycles. The molecule has 2 amide bonds. The Labute approximate surface area is 152 Å². The molecule has 0 fully saturated rings. The number of nitro groups is 1. The summed E-state index contributed by atoms with van der Waals surface area (Å²) >= 11 is 5.76. The van der Waals surface area contributed by atoms with Crippen molar-refractivity contribution in [2.75, 3.05) is 5.32 Å². The summed E-state index contributed by atoms with van der Waals surface area (Å²) in [6.45, 7) is 1.34. The molecular formula is C16H13ClN4O5. The van der Waals surface area contributed by atoms with Crippen LogP contribution in [0.3, 0.4) is 0 Å². The van der Waals surface area contributed by atoms with E-state index in [0.29, 0.717) is 5.69 Å². The molecule has 0 aliphatic rings. The third kappa shape index (κ3) is 4.77. The fraction of sp³-hybridized carbons (Fsp3) is 0.0625. The number of nitrogens with one attached hydrogen (secondary N) is 2. The van der Waals surface area contributed by atoms with Gasteiger partial charge in [-0.15, -0.1) is 0 Å². The molecule has 134 valence electrons. The molecule has 0 aliphatic heterocycles. The highest BCUT2D eigenvalue weighted by Gasteiger charge is 2.17. The van der Waals surface area contributed by atoms with Crippen LogP contribution >= 0.6 is 11.6 Å². The Hall–Kier alpha value is -3.46. The number of phenolic OH excluding ortho intramolecular Hbond substituents is 1. The fourth-order valence-electron chi connectivity index (χ4n) is 2.01. The fourth-order valence-corrected chi connectivity index (χ4v) is 2.23. The van der Waals surface area contributed by atoms with Crippen molar-refractivity contribution in [2.45, 2.75) is 6.92 Å². The maximum absolute atomic E-state index is 12.1. The monoisotopic (exact) mass is 376 g/mol. The summed E-state index contributed by atoms with van der Waals surface area (Å²) in [4.78, 5) is 33.2. The van der Waals surface area contributed by atoms with E-state index in [9.17, 15) is 24.8 Å². The number of amides is 2. The highest BCUT2D eigenvalue weighted by atomic mass is 35.5. The maximum atomic E-state index is 12.1. The number of nitrogens with zero attached hydrogens (tertiary/aromatic N) is 2. The number of aromatic hydroxyl groups is 1. The molecule has 0 spiro atoms. The van der Waals surface area contributed by atoms with Gasteiger partial charge in [0.15, 0.2) is 0 Å². The molecule has 0 atom stereocenters. The first kappa shape index (κ1) is 18.9. The summed E-state index contributed by atoms with van der Waals surface area (Å²) < 4.78 is 0. The first-order valence-corrected chi connectivity index (χ1v) is 7.53. The molecule has 2 aromatic rings. The molecule has 0 saturated carbocycles. The summed E-state index contributed by atoms with van der Waals surface area (Å²) in [5.74, 6) is -1.48. The van der Waals surface area contributed by atoms with Crippen LogP contribution < -0.4 is 10.7 Å². The van der Waals surface area contributed by atoms with E-state index in [-0.39, 0.29) is 22.1 Å². The molecule has 0 heterocycles. The van der Waals surface area contributed by atoms with Crippen molar-refractivity contribution in [3.63, 3.8) is 0 Å². The van der Waals surface area contributed by atoms with Crippen molar-refractivity contribution in [1.82, 2.24) is 5.43 Å². The molecule has 2 rings (SSSR count). The number of anilines is 1. The predicted octanol–water partition coefficient (Wildman–Crippen LogP) is 2.68. The van der Waals surface area contributed by atoms with Crippen LogP contribution in [0.15, 0.2) is 41.5 Å². The van der Waals surface area contributed by atoms with Crippen molar-refractivity contribution in [2.24, 2.45) is 5.10 Å². The van der Waals surface area contributed by atoms with Crippen LogP contribution in [0.2, 0.25) is 5.02 Å². The number of halogens is 1. The van der Waals surface area contributed by atoms with Crippen LogP contribution in [-0.4, -0.2) is 28.1 Å². The Bertz CT molecular complexity index is 914. The Kier molecular flexibility index (Phi) is 5.86. The van der Waals surface area contributed by atoms with Crippen molar-refractivity contribution in [1.29, 1.82) is 0 Å². The standard InChI is InChI=1S/C16H13ClN4O5/c1-9(22)19-13-4-2-3-10(6-13)16(24)20-18-8-11-5-12(17)7-14(15(11)23)21(25)26/h2-8,23H,1H3,(H,19,22)(H,20,24). The molecule has 0 aromatic heterocycles. The lowest BCUT2D eigenvalue weighted by Gasteiger charge is -2.05. The molecule has 9 nitrogen and oxygen atoms in total. The number of nitro benzene ring substituents is 1. The SMILES string of the molecule is CC(=O)Nc1cccc(C(=O)NN=Cc2cc(Cl)cc([N+](=O)[O-])c2O)c1. The smallest absolute Gasteiger partial charge is 0.312 e. The van der Waals surface area contributed by atoms with E-state index in [4.69, 9.17) is 11.6 Å². The maximum Gasteiger partial charge on any atom is 0.312 e. The van der Waals surface area contributed by atoms with Gasteiger partial charge in [-0.2, -0.15) is 5.10 Å². The van der Waals surface area contributed by atoms with Crippen molar-refractivity contribution >= 4 is 41.0 Å². The van der Waals surface area contributed by atoms with Gasteiger partial charge in [-0.25, -0.2) is 5.43 Å². The zero-order chi connectivity index (χ0) is 19.3. The Morgan fingerprint density at radius 1 is 1.31 bits per heavy atom. The summed E-state index contributed by atoms with van der Waals surface area (Å²) in [6.07, 6.45) is 1.03. The van der Waals surface area contributed by atoms with E-state index < -0.39 is 22.3 Å². The number of hydrogen-bond donors (Lipinski definition) is 3. The van der Waals surface area contributed by atoms with Gasteiger partial charge in [0.2, 0.25) is 11.7 Å². The topological polar surface area (TPSA) is 134 Å². The number of carbonyl (C=O) groups is 2. The van der Waals surface area contributed by atoms with Crippen molar-refractivity contribution in [3.8, 4) is 5.75 Å². The lowest BCUT2D eigenvalue weighted by atomic mass is 10.2. The van der Waals surface area contributed by atoms with Gasteiger partial charge < -0.3 is 10.4 Å². The minimum Gasteiger partial charge on any atom is -0.502 e. The molecule has 26 heavy (non-hydrogen) atoms. The summed E-state index contributed by atoms with van der Waals surface area (Å²) in [7, 11) is 0. The minimum absolute atomic E-state index is 0.0310.